The summed E-state index contributed by atoms with van der Waals surface area (Å²) in [6.45, 7) is 0.145. The Balaban J connectivity index is 1.66. The molecule has 1 N–H and O–H groups in total. The second kappa shape index (κ2) is 8.33. The molecule has 0 bridgehead atoms. The van der Waals surface area contributed by atoms with E-state index < -0.39 is 0 Å². The number of rotatable bonds is 5. The standard InChI is InChI=1S/C20H25FN4O2/c1-24(13-15-10-6-7-11-16(15)21)20(27)17-12-18(25(2)23-17)22-19(26)14-8-4-3-5-9-14/h6-7,10-12,14H,3-5,8-9,13H2,1-2H3,(H,22,26). The SMILES string of the molecule is CN(Cc1ccccc1F)C(=O)c1cc(NC(=O)C2CCCCC2)n(C)n1. The average Bonchev–Trinajstić information content (AvgIpc) is 3.04. The van der Waals surface area contributed by atoms with E-state index in [1.165, 1.54) is 22.1 Å². The van der Waals surface area contributed by atoms with E-state index in [2.05, 4.69) is 10.4 Å². The fourth-order valence-corrected chi connectivity index (χ4v) is 3.43. The van der Waals surface area contributed by atoms with Crippen molar-refractivity contribution in [2.45, 2.75) is 38.6 Å². The van der Waals surface area contributed by atoms with E-state index in [1.54, 1.807) is 38.4 Å². The van der Waals surface area contributed by atoms with Crippen molar-refractivity contribution in [3.05, 3.63) is 47.4 Å². The summed E-state index contributed by atoms with van der Waals surface area (Å²) in [6.07, 6.45) is 5.15. The summed E-state index contributed by atoms with van der Waals surface area (Å²) in [4.78, 5) is 26.5. The smallest absolute Gasteiger partial charge is 0.274 e. The van der Waals surface area contributed by atoms with Gasteiger partial charge in [-0.2, -0.15) is 5.10 Å². The normalized spacial score (nSPS) is 14.8. The Labute approximate surface area is 158 Å². The van der Waals surface area contributed by atoms with Crippen molar-refractivity contribution in [2.24, 2.45) is 13.0 Å². The predicted molar refractivity (Wildman–Crippen MR) is 101 cm³/mol. The van der Waals surface area contributed by atoms with Crippen LogP contribution in [0.3, 0.4) is 0 Å². The molecule has 2 amide bonds. The lowest BCUT2D eigenvalue weighted by Gasteiger charge is -2.20. The van der Waals surface area contributed by atoms with Gasteiger partial charge in [0.1, 0.15) is 11.6 Å². The fraction of sp³-hybridized carbons (Fsp3) is 0.450. The molecule has 2 aromatic rings. The van der Waals surface area contributed by atoms with Crippen LogP contribution < -0.4 is 5.32 Å². The predicted octanol–water partition coefficient (Wildman–Crippen LogP) is 3.35. The number of hydrogen-bond acceptors (Lipinski definition) is 3. The lowest BCUT2D eigenvalue weighted by atomic mass is 9.89. The number of aryl methyl sites for hydroxylation is 1. The van der Waals surface area contributed by atoms with E-state index >= 15 is 0 Å². The van der Waals surface area contributed by atoms with E-state index in [9.17, 15) is 14.0 Å². The Morgan fingerprint density at radius 1 is 1.26 bits per heavy atom. The van der Waals surface area contributed by atoms with Gasteiger partial charge in [-0.15, -0.1) is 0 Å². The maximum absolute atomic E-state index is 13.8. The van der Waals surface area contributed by atoms with E-state index in [-0.39, 0.29) is 35.8 Å². The summed E-state index contributed by atoms with van der Waals surface area (Å²) in [7, 11) is 3.29. The van der Waals surface area contributed by atoms with Crippen molar-refractivity contribution in [3.8, 4) is 0 Å². The number of nitrogens with zero attached hydrogens (tertiary/aromatic N) is 3. The number of aromatic nitrogens is 2. The van der Waals surface area contributed by atoms with Gasteiger partial charge in [0.05, 0.1) is 0 Å². The van der Waals surface area contributed by atoms with Crippen LogP contribution in [-0.4, -0.2) is 33.5 Å². The second-order valence-electron chi connectivity index (χ2n) is 7.12. The monoisotopic (exact) mass is 372 g/mol. The molecular weight excluding hydrogens is 347 g/mol. The maximum atomic E-state index is 13.8. The number of halogens is 1. The number of anilines is 1. The average molecular weight is 372 g/mol. The van der Waals surface area contributed by atoms with Crippen molar-refractivity contribution in [1.82, 2.24) is 14.7 Å². The molecule has 3 rings (SSSR count). The number of nitrogens with one attached hydrogen (secondary N) is 1. The van der Waals surface area contributed by atoms with Gasteiger partial charge in [0.15, 0.2) is 5.69 Å². The largest absolute Gasteiger partial charge is 0.336 e. The van der Waals surface area contributed by atoms with Crippen LogP contribution in [0.15, 0.2) is 30.3 Å². The molecule has 7 heteroatoms. The van der Waals surface area contributed by atoms with Crippen molar-refractivity contribution in [2.75, 3.05) is 12.4 Å². The third kappa shape index (κ3) is 4.53. The summed E-state index contributed by atoms with van der Waals surface area (Å²) in [5.74, 6) is -0.174. The topological polar surface area (TPSA) is 67.2 Å². The van der Waals surface area contributed by atoms with Crippen LogP contribution in [0.5, 0.6) is 0 Å². The highest BCUT2D eigenvalue weighted by molar-refractivity contribution is 5.96. The van der Waals surface area contributed by atoms with Gasteiger partial charge >= 0.3 is 0 Å². The summed E-state index contributed by atoms with van der Waals surface area (Å²) in [6, 6.07) is 7.93. The van der Waals surface area contributed by atoms with Gasteiger partial charge in [-0.3, -0.25) is 14.3 Å². The molecule has 6 nitrogen and oxygen atoms in total. The molecule has 0 unspecified atom stereocenters. The molecule has 0 atom stereocenters. The van der Waals surface area contributed by atoms with Gasteiger partial charge in [-0.25, -0.2) is 4.39 Å². The highest BCUT2D eigenvalue weighted by Crippen LogP contribution is 2.25. The molecule has 1 fully saturated rings. The van der Waals surface area contributed by atoms with Crippen LogP contribution in [-0.2, 0) is 18.4 Å². The second-order valence-corrected chi connectivity index (χ2v) is 7.12. The number of carbonyl (C=O) groups is 2. The first-order chi connectivity index (χ1) is 13.0. The molecule has 1 aromatic heterocycles. The van der Waals surface area contributed by atoms with Crippen LogP contribution in [0.1, 0.15) is 48.2 Å². The number of hydrogen-bond donors (Lipinski definition) is 1. The zero-order valence-corrected chi connectivity index (χ0v) is 15.7. The van der Waals surface area contributed by atoms with E-state index in [0.717, 1.165) is 25.7 Å². The first kappa shape index (κ1) is 19.1. The van der Waals surface area contributed by atoms with Crippen molar-refractivity contribution >= 4 is 17.6 Å². The molecule has 1 aromatic carbocycles. The summed E-state index contributed by atoms with van der Waals surface area (Å²) in [5.41, 5.74) is 0.658. The van der Waals surface area contributed by atoms with Crippen LogP contribution in [0, 0.1) is 11.7 Å². The van der Waals surface area contributed by atoms with Gasteiger partial charge in [0.2, 0.25) is 5.91 Å². The number of carbonyl (C=O) groups excluding carboxylic acids is 2. The van der Waals surface area contributed by atoms with Gasteiger partial charge in [-0.05, 0) is 18.9 Å². The Morgan fingerprint density at radius 3 is 2.67 bits per heavy atom. The summed E-state index contributed by atoms with van der Waals surface area (Å²) >= 11 is 0. The lowest BCUT2D eigenvalue weighted by molar-refractivity contribution is -0.120. The molecule has 1 saturated carbocycles. The van der Waals surface area contributed by atoms with Gasteiger partial charge in [0, 0.05) is 38.2 Å². The Morgan fingerprint density at radius 2 is 1.96 bits per heavy atom. The molecule has 0 radical (unpaired) electrons. The van der Waals surface area contributed by atoms with Crippen molar-refractivity contribution in [1.29, 1.82) is 0 Å². The number of amides is 2. The third-order valence-corrected chi connectivity index (χ3v) is 5.04. The minimum absolute atomic E-state index is 0.0172. The first-order valence-electron chi connectivity index (χ1n) is 9.29. The molecule has 1 heterocycles. The Bertz CT molecular complexity index is 827. The fourth-order valence-electron chi connectivity index (χ4n) is 3.43. The molecule has 1 aliphatic rings. The van der Waals surface area contributed by atoms with Crippen LogP contribution in [0.2, 0.25) is 0 Å². The van der Waals surface area contributed by atoms with Gasteiger partial charge < -0.3 is 10.2 Å². The highest BCUT2D eigenvalue weighted by atomic mass is 19.1. The number of benzene rings is 1. The third-order valence-electron chi connectivity index (χ3n) is 5.04. The molecule has 0 aliphatic heterocycles. The minimum atomic E-state index is -0.349. The highest BCUT2D eigenvalue weighted by Gasteiger charge is 2.23. The minimum Gasteiger partial charge on any atom is -0.336 e. The van der Waals surface area contributed by atoms with E-state index in [0.29, 0.717) is 11.4 Å². The van der Waals surface area contributed by atoms with Crippen molar-refractivity contribution in [3.63, 3.8) is 0 Å². The zero-order chi connectivity index (χ0) is 19.4. The van der Waals surface area contributed by atoms with Crippen molar-refractivity contribution < 1.29 is 14.0 Å². The Hall–Kier alpha value is -2.70. The van der Waals surface area contributed by atoms with Gasteiger partial charge in [-0.1, -0.05) is 37.5 Å². The Kier molecular flexibility index (Phi) is 5.88. The molecular formula is C20H25FN4O2. The van der Waals surface area contributed by atoms with E-state index in [4.69, 9.17) is 0 Å². The lowest BCUT2D eigenvalue weighted by Crippen LogP contribution is -2.27. The van der Waals surface area contributed by atoms with E-state index in [1.807, 2.05) is 0 Å². The quantitative estimate of drug-likeness (QED) is 0.875. The molecule has 144 valence electrons. The van der Waals surface area contributed by atoms with Gasteiger partial charge in [0.25, 0.3) is 5.91 Å². The zero-order valence-electron chi connectivity index (χ0n) is 15.7. The van der Waals surface area contributed by atoms with Crippen LogP contribution in [0.4, 0.5) is 10.2 Å². The summed E-state index contributed by atoms with van der Waals surface area (Å²) < 4.78 is 15.3. The molecule has 0 spiro atoms. The maximum Gasteiger partial charge on any atom is 0.274 e. The molecule has 0 saturated heterocycles. The molecule has 27 heavy (non-hydrogen) atoms. The first-order valence-corrected chi connectivity index (χ1v) is 9.29. The summed E-state index contributed by atoms with van der Waals surface area (Å²) in [5, 5.41) is 7.09. The van der Waals surface area contributed by atoms with Crippen LogP contribution >= 0.6 is 0 Å². The van der Waals surface area contributed by atoms with Crippen LogP contribution in [0.25, 0.3) is 0 Å². The molecule has 1 aliphatic carbocycles.